The Morgan fingerprint density at radius 2 is 1.67 bits per heavy atom. The number of halogens is 7. The fourth-order valence-corrected chi connectivity index (χ4v) is 7.38. The molecule has 6 nitrogen and oxygen atoms in total. The average Bonchev–Trinajstić information content (AvgIpc) is 3.55. The normalized spacial score (nSPS) is 17.7. The van der Waals surface area contributed by atoms with Gasteiger partial charge in [-0.3, -0.25) is 9.46 Å². The van der Waals surface area contributed by atoms with E-state index in [-0.39, 0.29) is 40.0 Å². The van der Waals surface area contributed by atoms with Crippen LogP contribution in [0.3, 0.4) is 0 Å². The highest BCUT2D eigenvalue weighted by molar-refractivity contribution is 7.93. The molecule has 0 bridgehead atoms. The summed E-state index contributed by atoms with van der Waals surface area (Å²) in [6.45, 7) is 0. The van der Waals surface area contributed by atoms with Crippen LogP contribution in [0.2, 0.25) is 0 Å². The number of hydrogen-bond acceptors (Lipinski definition) is 6. The van der Waals surface area contributed by atoms with E-state index in [2.05, 4.69) is 14.4 Å². The zero-order chi connectivity index (χ0) is 31.2. The Morgan fingerprint density at radius 1 is 0.953 bits per heavy atom. The molecule has 4 aromatic rings. The SMILES string of the molecule is Nc1cccc(S(=O)(=O)Nc2nc(-c3ccccc3C(F)(F)F)c(-c3cccc([C@@H]4CC[C@H](OC(F)(F)F)C4)c3)s2)c1F. The minimum Gasteiger partial charge on any atom is -0.396 e. The molecular formula is C28H22F7N3O3S2. The first kappa shape index (κ1) is 30.8. The van der Waals surface area contributed by atoms with Gasteiger partial charge in [0.1, 0.15) is 4.90 Å². The summed E-state index contributed by atoms with van der Waals surface area (Å²) < 4.78 is 127. The average molecular weight is 646 g/mol. The highest BCUT2D eigenvalue weighted by Crippen LogP contribution is 2.46. The number of aromatic nitrogens is 1. The van der Waals surface area contributed by atoms with E-state index in [1.54, 1.807) is 24.3 Å². The molecule has 1 saturated carbocycles. The van der Waals surface area contributed by atoms with Crippen molar-refractivity contribution in [1.29, 1.82) is 0 Å². The minimum absolute atomic E-state index is 0.0895. The first-order valence-corrected chi connectivity index (χ1v) is 15.0. The van der Waals surface area contributed by atoms with Crippen LogP contribution in [0.25, 0.3) is 21.7 Å². The van der Waals surface area contributed by atoms with Crippen LogP contribution in [0.4, 0.5) is 41.6 Å². The fraction of sp³-hybridized carbons (Fsp3) is 0.250. The Hall–Kier alpha value is -3.69. The molecular weight excluding hydrogens is 623 g/mol. The summed E-state index contributed by atoms with van der Waals surface area (Å²) in [5.74, 6) is -1.51. The molecule has 0 spiro atoms. The number of anilines is 2. The second-order valence-electron chi connectivity index (χ2n) is 9.83. The smallest absolute Gasteiger partial charge is 0.396 e. The summed E-state index contributed by atoms with van der Waals surface area (Å²) in [5, 5.41) is -0.339. The van der Waals surface area contributed by atoms with Gasteiger partial charge in [-0.25, -0.2) is 17.8 Å². The Balaban J connectivity index is 1.58. The van der Waals surface area contributed by atoms with Gasteiger partial charge in [-0.1, -0.05) is 53.8 Å². The lowest BCUT2D eigenvalue weighted by Crippen LogP contribution is -2.21. The van der Waals surface area contributed by atoms with Crippen LogP contribution in [0.1, 0.15) is 36.3 Å². The third kappa shape index (κ3) is 6.78. The van der Waals surface area contributed by atoms with E-state index < -0.39 is 50.6 Å². The van der Waals surface area contributed by atoms with E-state index in [0.29, 0.717) is 17.5 Å². The van der Waals surface area contributed by atoms with Crippen molar-refractivity contribution >= 4 is 32.2 Å². The van der Waals surface area contributed by atoms with Crippen molar-refractivity contribution in [2.24, 2.45) is 0 Å². The molecule has 15 heteroatoms. The molecule has 3 N–H and O–H groups in total. The lowest BCUT2D eigenvalue weighted by molar-refractivity contribution is -0.341. The Labute approximate surface area is 245 Å². The predicted octanol–water partition coefficient (Wildman–Crippen LogP) is 8.19. The molecule has 0 unspecified atom stereocenters. The third-order valence-electron chi connectivity index (χ3n) is 6.92. The Bertz CT molecular complexity index is 1750. The zero-order valence-electron chi connectivity index (χ0n) is 21.8. The molecule has 1 fully saturated rings. The van der Waals surface area contributed by atoms with E-state index in [9.17, 15) is 39.2 Å². The van der Waals surface area contributed by atoms with E-state index in [1.807, 2.05) is 0 Å². The van der Waals surface area contributed by atoms with Crippen LogP contribution in [0.5, 0.6) is 0 Å². The molecule has 1 aliphatic rings. The Morgan fingerprint density at radius 3 is 2.40 bits per heavy atom. The zero-order valence-corrected chi connectivity index (χ0v) is 23.5. The number of alkyl halides is 6. The maximum atomic E-state index is 14.6. The summed E-state index contributed by atoms with van der Waals surface area (Å²) in [6, 6.07) is 14.5. The lowest BCUT2D eigenvalue weighted by atomic mass is 9.94. The van der Waals surface area contributed by atoms with Crippen molar-refractivity contribution in [3.05, 3.63) is 83.7 Å². The monoisotopic (exact) mass is 645 g/mol. The van der Waals surface area contributed by atoms with Gasteiger partial charge in [-0.2, -0.15) is 13.2 Å². The van der Waals surface area contributed by atoms with Crippen molar-refractivity contribution in [3.8, 4) is 21.7 Å². The highest BCUT2D eigenvalue weighted by Gasteiger charge is 2.38. The van der Waals surface area contributed by atoms with Crippen LogP contribution in [-0.4, -0.2) is 25.9 Å². The fourth-order valence-electron chi connectivity index (χ4n) is 5.06. The van der Waals surface area contributed by atoms with Crippen LogP contribution < -0.4 is 10.5 Å². The van der Waals surface area contributed by atoms with E-state index in [1.165, 1.54) is 24.3 Å². The molecule has 228 valence electrons. The summed E-state index contributed by atoms with van der Waals surface area (Å²) in [5.41, 5.74) is 4.55. The van der Waals surface area contributed by atoms with E-state index in [0.717, 1.165) is 29.5 Å². The number of nitrogens with zero attached hydrogens (tertiary/aromatic N) is 1. The topological polar surface area (TPSA) is 94.3 Å². The van der Waals surface area contributed by atoms with Gasteiger partial charge in [0, 0.05) is 5.56 Å². The molecule has 0 amide bonds. The van der Waals surface area contributed by atoms with Gasteiger partial charge >= 0.3 is 12.5 Å². The maximum Gasteiger partial charge on any atom is 0.522 e. The highest BCUT2D eigenvalue weighted by atomic mass is 32.2. The number of rotatable bonds is 7. The second-order valence-corrected chi connectivity index (χ2v) is 12.5. The number of ether oxygens (including phenoxy) is 1. The number of nitrogens with one attached hydrogen (secondary N) is 1. The molecule has 1 aliphatic carbocycles. The lowest BCUT2D eigenvalue weighted by Gasteiger charge is -2.15. The molecule has 1 aromatic heterocycles. The summed E-state index contributed by atoms with van der Waals surface area (Å²) >= 11 is 0.722. The van der Waals surface area contributed by atoms with Crippen molar-refractivity contribution in [2.75, 3.05) is 10.5 Å². The van der Waals surface area contributed by atoms with Crippen molar-refractivity contribution in [1.82, 2.24) is 4.98 Å². The largest absolute Gasteiger partial charge is 0.522 e. The summed E-state index contributed by atoms with van der Waals surface area (Å²) in [6.07, 6.45) is -9.92. The van der Waals surface area contributed by atoms with E-state index in [4.69, 9.17) is 5.73 Å². The van der Waals surface area contributed by atoms with Crippen LogP contribution in [0.15, 0.2) is 71.6 Å². The van der Waals surface area contributed by atoms with Gasteiger partial charge < -0.3 is 5.73 Å². The van der Waals surface area contributed by atoms with Gasteiger partial charge in [0.05, 0.1) is 27.9 Å². The molecule has 0 radical (unpaired) electrons. The maximum absolute atomic E-state index is 14.6. The predicted molar refractivity (Wildman–Crippen MR) is 147 cm³/mol. The molecule has 5 rings (SSSR count). The number of thiazole rings is 1. The summed E-state index contributed by atoms with van der Waals surface area (Å²) in [4.78, 5) is 3.58. The van der Waals surface area contributed by atoms with Gasteiger partial charge in [-0.05, 0) is 60.6 Å². The van der Waals surface area contributed by atoms with Gasteiger partial charge in [0.2, 0.25) is 0 Å². The molecule has 2 atom stereocenters. The van der Waals surface area contributed by atoms with Gasteiger partial charge in [-0.15, -0.1) is 13.2 Å². The molecule has 3 aromatic carbocycles. The van der Waals surface area contributed by atoms with Crippen LogP contribution in [-0.2, 0) is 20.9 Å². The molecule has 1 heterocycles. The standard InChI is InChI=1S/C28H22F7N3O3S2/c29-23-21(36)9-4-10-22(23)43(39,40)38-26-37-24(19-7-1-2-8-20(19)27(30,31)32)25(42-26)17-6-3-5-15(13-17)16-11-12-18(14-16)41-28(33,34)35/h1-10,13,16,18H,11-12,14,36H2,(H,37,38)/t16-,18+/m1/s1. The number of benzene rings is 3. The van der Waals surface area contributed by atoms with Crippen molar-refractivity contribution in [3.63, 3.8) is 0 Å². The third-order valence-corrected chi connectivity index (χ3v) is 9.43. The Kier molecular flexibility index (Phi) is 8.17. The van der Waals surface area contributed by atoms with Gasteiger partial charge in [0.25, 0.3) is 10.0 Å². The van der Waals surface area contributed by atoms with Crippen LogP contribution >= 0.6 is 11.3 Å². The number of hydrogen-bond donors (Lipinski definition) is 2. The van der Waals surface area contributed by atoms with Gasteiger partial charge in [0.15, 0.2) is 10.9 Å². The first-order valence-electron chi connectivity index (χ1n) is 12.7. The van der Waals surface area contributed by atoms with Crippen LogP contribution in [0, 0.1) is 5.82 Å². The van der Waals surface area contributed by atoms with E-state index >= 15 is 0 Å². The molecule has 0 saturated heterocycles. The number of nitrogen functional groups attached to an aromatic ring is 1. The number of nitrogens with two attached hydrogens (primary N) is 1. The second kappa shape index (κ2) is 11.4. The number of sulfonamides is 1. The first-order chi connectivity index (χ1) is 20.1. The van der Waals surface area contributed by atoms with Crippen molar-refractivity contribution in [2.45, 2.75) is 48.7 Å². The summed E-state index contributed by atoms with van der Waals surface area (Å²) in [7, 11) is -4.60. The molecule has 43 heavy (non-hydrogen) atoms. The quantitative estimate of drug-likeness (QED) is 0.156. The molecule has 0 aliphatic heterocycles. The van der Waals surface area contributed by atoms with Crippen molar-refractivity contribution < 1.29 is 43.9 Å². The minimum atomic E-state index is -4.78.